The van der Waals surface area contributed by atoms with Crippen LogP contribution in [0.1, 0.15) is 79.6 Å². The Hall–Kier alpha value is -1.22. The fourth-order valence-electron chi connectivity index (χ4n) is 6.59. The molecule has 0 radical (unpaired) electrons. The van der Waals surface area contributed by atoms with E-state index in [4.69, 9.17) is 0 Å². The van der Waals surface area contributed by atoms with Crippen LogP contribution in [0.15, 0.2) is 23.3 Å². The summed E-state index contributed by atoms with van der Waals surface area (Å²) in [5.74, 6) is 1.33. The molecule has 0 aromatic carbocycles. The van der Waals surface area contributed by atoms with Gasteiger partial charge in [-0.2, -0.15) is 0 Å². The summed E-state index contributed by atoms with van der Waals surface area (Å²) in [6.07, 6.45) is 11.9. The Bertz CT molecular complexity index is 682. The van der Waals surface area contributed by atoms with Crippen LogP contribution >= 0.6 is 0 Å². The van der Waals surface area contributed by atoms with Crippen molar-refractivity contribution < 1.29 is 14.7 Å². The molecule has 7 atom stereocenters. The van der Waals surface area contributed by atoms with Crippen molar-refractivity contribution in [3.63, 3.8) is 0 Å². The van der Waals surface area contributed by atoms with Gasteiger partial charge in [-0.3, -0.25) is 9.59 Å². The van der Waals surface area contributed by atoms with Crippen LogP contribution in [0.5, 0.6) is 0 Å². The van der Waals surface area contributed by atoms with Crippen molar-refractivity contribution in [3.05, 3.63) is 23.3 Å². The van der Waals surface area contributed by atoms with E-state index in [0.29, 0.717) is 23.3 Å². The maximum atomic E-state index is 12.6. The molecular formula is C25H38O3. The molecule has 0 heterocycles. The lowest BCUT2D eigenvalue weighted by molar-refractivity contribution is -0.121. The molecule has 0 aromatic heterocycles. The number of fused-ring (bicyclic) bond motifs is 2. The first-order valence-electron chi connectivity index (χ1n) is 11.1. The van der Waals surface area contributed by atoms with Crippen molar-refractivity contribution in [1.29, 1.82) is 0 Å². The highest BCUT2D eigenvalue weighted by Gasteiger charge is 2.56. The molecule has 3 heteroatoms. The molecule has 2 saturated carbocycles. The molecule has 0 aromatic rings. The third-order valence-corrected chi connectivity index (χ3v) is 8.24. The van der Waals surface area contributed by atoms with Gasteiger partial charge in [0.05, 0.1) is 11.5 Å². The standard InChI is InChI=1S/C25H38O3/c1-16(2)7-6-8-17(3)19-11-12-24(4)13-21-23(22(27)14-25(21,5)28)18(15-26)9-10-20(19)24/h7,9,15,17,19-21,23,28H,6,8,10-14H2,1-5H3/b18-9-/t17-,19?,20?,21-,23+,24+,25+/m0/s1. The molecule has 28 heavy (non-hydrogen) atoms. The largest absolute Gasteiger partial charge is 0.389 e. The van der Waals surface area contributed by atoms with E-state index in [0.717, 1.165) is 32.0 Å². The molecule has 0 bridgehead atoms. The zero-order valence-electron chi connectivity index (χ0n) is 18.3. The maximum Gasteiger partial charge on any atom is 0.146 e. The number of hydrogen-bond acceptors (Lipinski definition) is 3. The van der Waals surface area contributed by atoms with Crippen LogP contribution in [-0.4, -0.2) is 22.8 Å². The number of ketones is 1. The molecule has 0 aliphatic heterocycles. The minimum absolute atomic E-state index is 0.0417. The lowest BCUT2D eigenvalue weighted by Crippen LogP contribution is -2.40. The number of allylic oxidation sites excluding steroid dienone is 4. The van der Waals surface area contributed by atoms with Gasteiger partial charge in [-0.25, -0.2) is 0 Å². The summed E-state index contributed by atoms with van der Waals surface area (Å²) in [7, 11) is 0. The second-order valence-electron chi connectivity index (χ2n) is 10.6. The molecular weight excluding hydrogens is 348 g/mol. The molecule has 3 nitrogen and oxygen atoms in total. The molecule has 3 aliphatic rings. The van der Waals surface area contributed by atoms with Gasteiger partial charge in [0.25, 0.3) is 0 Å². The van der Waals surface area contributed by atoms with Gasteiger partial charge >= 0.3 is 0 Å². The van der Waals surface area contributed by atoms with E-state index in [-0.39, 0.29) is 23.5 Å². The van der Waals surface area contributed by atoms with Crippen LogP contribution in [0, 0.1) is 35.0 Å². The van der Waals surface area contributed by atoms with Crippen LogP contribution < -0.4 is 0 Å². The first kappa shape index (κ1) is 21.5. The molecule has 3 rings (SSSR count). The molecule has 2 fully saturated rings. The molecule has 156 valence electrons. The number of carbonyl (C=O) groups is 2. The van der Waals surface area contributed by atoms with E-state index in [2.05, 4.69) is 33.8 Å². The summed E-state index contributed by atoms with van der Waals surface area (Å²) < 4.78 is 0. The smallest absolute Gasteiger partial charge is 0.146 e. The van der Waals surface area contributed by atoms with Crippen LogP contribution in [-0.2, 0) is 9.59 Å². The van der Waals surface area contributed by atoms with Crippen LogP contribution in [0.25, 0.3) is 0 Å². The van der Waals surface area contributed by atoms with E-state index < -0.39 is 11.5 Å². The summed E-state index contributed by atoms with van der Waals surface area (Å²) >= 11 is 0. The van der Waals surface area contributed by atoms with Crippen molar-refractivity contribution in [2.75, 3.05) is 0 Å². The molecule has 1 N–H and O–H groups in total. The minimum Gasteiger partial charge on any atom is -0.389 e. The summed E-state index contributed by atoms with van der Waals surface area (Å²) in [6.45, 7) is 10.9. The van der Waals surface area contributed by atoms with E-state index in [1.807, 2.05) is 6.08 Å². The monoisotopic (exact) mass is 386 g/mol. The highest BCUT2D eigenvalue weighted by Crippen LogP contribution is 2.59. The second-order valence-corrected chi connectivity index (χ2v) is 10.6. The van der Waals surface area contributed by atoms with Gasteiger partial charge in [-0.15, -0.1) is 0 Å². The number of aliphatic hydroxyl groups is 1. The first-order valence-corrected chi connectivity index (χ1v) is 11.1. The number of Topliss-reactive ketones (excluding diaryl/α,β-unsaturated/α-hetero) is 1. The van der Waals surface area contributed by atoms with Gasteiger partial charge < -0.3 is 5.11 Å². The summed E-state index contributed by atoms with van der Waals surface area (Å²) in [4.78, 5) is 24.4. The quantitative estimate of drug-likeness (QED) is 0.517. The topological polar surface area (TPSA) is 54.4 Å². The Morgan fingerprint density at radius 2 is 2.04 bits per heavy atom. The predicted molar refractivity (Wildman–Crippen MR) is 113 cm³/mol. The Morgan fingerprint density at radius 3 is 2.68 bits per heavy atom. The molecule has 0 amide bonds. The average Bonchev–Trinajstić information content (AvgIpc) is 3.01. The SMILES string of the molecule is CC(C)=CCC[C@H](C)C1CC[C@]2(C)C[C@H]3[C@H](C(=O)C[C@@]3(C)O)/C(C=O)=C\CC12. The van der Waals surface area contributed by atoms with Gasteiger partial charge in [0.2, 0.25) is 0 Å². The third kappa shape index (κ3) is 3.92. The molecule has 3 aliphatic carbocycles. The van der Waals surface area contributed by atoms with Gasteiger partial charge in [-0.05, 0) is 88.0 Å². The third-order valence-electron chi connectivity index (χ3n) is 8.24. The van der Waals surface area contributed by atoms with E-state index in [9.17, 15) is 14.7 Å². The maximum absolute atomic E-state index is 12.6. The van der Waals surface area contributed by atoms with Crippen LogP contribution in [0.2, 0.25) is 0 Å². The molecule has 0 saturated heterocycles. The van der Waals surface area contributed by atoms with Crippen molar-refractivity contribution in [2.45, 2.75) is 85.2 Å². The molecule has 0 spiro atoms. The summed E-state index contributed by atoms with van der Waals surface area (Å²) in [5, 5.41) is 11.0. The highest BCUT2D eigenvalue weighted by molar-refractivity contribution is 5.94. The molecule has 2 unspecified atom stereocenters. The van der Waals surface area contributed by atoms with Crippen molar-refractivity contribution in [3.8, 4) is 0 Å². The normalized spacial score (nSPS) is 43.2. The van der Waals surface area contributed by atoms with Crippen LogP contribution in [0.4, 0.5) is 0 Å². The zero-order valence-corrected chi connectivity index (χ0v) is 18.3. The lowest BCUT2D eigenvalue weighted by Gasteiger charge is -2.42. The number of rotatable bonds is 5. The van der Waals surface area contributed by atoms with Crippen molar-refractivity contribution >= 4 is 12.1 Å². The van der Waals surface area contributed by atoms with Gasteiger partial charge in [-0.1, -0.05) is 31.6 Å². The summed E-state index contributed by atoms with van der Waals surface area (Å²) in [5.41, 5.74) is 1.14. The highest BCUT2D eigenvalue weighted by atomic mass is 16.3. The number of hydrogen-bond donors (Lipinski definition) is 1. The fourth-order valence-corrected chi connectivity index (χ4v) is 6.59. The van der Waals surface area contributed by atoms with Gasteiger partial charge in [0, 0.05) is 12.3 Å². The van der Waals surface area contributed by atoms with E-state index in [1.54, 1.807) is 6.92 Å². The van der Waals surface area contributed by atoms with Gasteiger partial charge in [0.15, 0.2) is 0 Å². The Balaban J connectivity index is 1.87. The van der Waals surface area contributed by atoms with Crippen molar-refractivity contribution in [2.24, 2.45) is 35.0 Å². The Kier molecular flexibility index (Phi) is 6.06. The summed E-state index contributed by atoms with van der Waals surface area (Å²) in [6, 6.07) is 0. The lowest BCUT2D eigenvalue weighted by atomic mass is 9.62. The zero-order chi connectivity index (χ0) is 20.7. The second kappa shape index (κ2) is 7.89. The number of aldehydes is 1. The van der Waals surface area contributed by atoms with Crippen LogP contribution in [0.3, 0.4) is 0 Å². The average molecular weight is 387 g/mol. The Labute approximate surface area is 170 Å². The predicted octanol–water partition coefficient (Wildman–Crippen LogP) is 5.28. The van der Waals surface area contributed by atoms with Gasteiger partial charge in [0.1, 0.15) is 12.1 Å². The number of carbonyl (C=O) groups excluding carboxylic acids is 2. The minimum atomic E-state index is -0.998. The first-order chi connectivity index (χ1) is 13.1. The Morgan fingerprint density at radius 1 is 1.32 bits per heavy atom. The van der Waals surface area contributed by atoms with E-state index >= 15 is 0 Å². The van der Waals surface area contributed by atoms with Crippen molar-refractivity contribution in [1.82, 2.24) is 0 Å². The van der Waals surface area contributed by atoms with E-state index in [1.165, 1.54) is 18.4 Å². The fraction of sp³-hybridized carbons (Fsp3) is 0.760.